The monoisotopic (exact) mass is 216 g/mol. The number of rotatable bonds is 4. The molecule has 2 rings (SSSR count). The molecule has 0 bridgehead atoms. The van der Waals surface area contributed by atoms with Gasteiger partial charge in [0.2, 0.25) is 0 Å². The van der Waals surface area contributed by atoms with Crippen molar-refractivity contribution in [1.82, 2.24) is 20.1 Å². The highest BCUT2D eigenvalue weighted by molar-refractivity contribution is 5.57. The average molecular weight is 216 g/mol. The molecule has 0 aromatic carbocycles. The standard InChI is InChI=1S/C12H16N4/c1-13-7-5-11-8-12(15-16(11)2)10-4-3-6-14-9-10/h3-4,6,8-9,13H,5,7H2,1-2H3. The second-order valence-electron chi connectivity index (χ2n) is 3.74. The van der Waals surface area contributed by atoms with Crippen LogP contribution in [-0.2, 0) is 13.5 Å². The number of aryl methyl sites for hydroxylation is 1. The van der Waals surface area contributed by atoms with Crippen LogP contribution in [0.4, 0.5) is 0 Å². The first-order valence-electron chi connectivity index (χ1n) is 5.39. The number of nitrogens with one attached hydrogen (secondary N) is 1. The van der Waals surface area contributed by atoms with Crippen molar-refractivity contribution in [2.75, 3.05) is 13.6 Å². The van der Waals surface area contributed by atoms with Crippen LogP contribution in [-0.4, -0.2) is 28.4 Å². The van der Waals surface area contributed by atoms with Crippen molar-refractivity contribution < 1.29 is 0 Å². The van der Waals surface area contributed by atoms with Crippen molar-refractivity contribution in [3.63, 3.8) is 0 Å². The van der Waals surface area contributed by atoms with Gasteiger partial charge >= 0.3 is 0 Å². The Kier molecular flexibility index (Phi) is 3.31. The number of aromatic nitrogens is 3. The summed E-state index contributed by atoms with van der Waals surface area (Å²) < 4.78 is 1.93. The second-order valence-corrected chi connectivity index (χ2v) is 3.74. The predicted molar refractivity (Wildman–Crippen MR) is 64.1 cm³/mol. The highest BCUT2D eigenvalue weighted by Crippen LogP contribution is 2.17. The fourth-order valence-corrected chi connectivity index (χ4v) is 1.65. The third kappa shape index (κ3) is 2.28. The topological polar surface area (TPSA) is 42.7 Å². The highest BCUT2D eigenvalue weighted by Gasteiger charge is 2.06. The van der Waals surface area contributed by atoms with Gasteiger partial charge < -0.3 is 5.32 Å². The Morgan fingerprint density at radius 1 is 1.44 bits per heavy atom. The summed E-state index contributed by atoms with van der Waals surface area (Å²) in [5.41, 5.74) is 3.28. The van der Waals surface area contributed by atoms with Crippen LogP contribution in [0.3, 0.4) is 0 Å². The van der Waals surface area contributed by atoms with Gasteiger partial charge in [-0.05, 0) is 25.2 Å². The molecule has 0 aliphatic rings. The zero-order valence-corrected chi connectivity index (χ0v) is 9.64. The predicted octanol–water partition coefficient (Wildman–Crippen LogP) is 1.24. The average Bonchev–Trinajstić information content (AvgIpc) is 2.69. The summed E-state index contributed by atoms with van der Waals surface area (Å²) in [7, 11) is 3.93. The minimum atomic E-state index is 0.964. The SMILES string of the molecule is CNCCc1cc(-c2cccnc2)nn1C. The fraction of sp³-hybridized carbons (Fsp3) is 0.333. The van der Waals surface area contributed by atoms with Gasteiger partial charge in [-0.2, -0.15) is 5.10 Å². The minimum Gasteiger partial charge on any atom is -0.319 e. The van der Waals surface area contributed by atoms with Crippen LogP contribution in [0.1, 0.15) is 5.69 Å². The molecular weight excluding hydrogens is 200 g/mol. The lowest BCUT2D eigenvalue weighted by atomic mass is 10.2. The van der Waals surface area contributed by atoms with Crippen molar-refractivity contribution in [2.45, 2.75) is 6.42 Å². The maximum atomic E-state index is 4.48. The zero-order chi connectivity index (χ0) is 11.4. The third-order valence-electron chi connectivity index (χ3n) is 2.57. The molecule has 1 N–H and O–H groups in total. The first-order chi connectivity index (χ1) is 7.81. The highest BCUT2D eigenvalue weighted by atomic mass is 15.3. The fourth-order valence-electron chi connectivity index (χ4n) is 1.65. The van der Waals surface area contributed by atoms with Gasteiger partial charge in [-0.3, -0.25) is 9.67 Å². The van der Waals surface area contributed by atoms with Gasteiger partial charge in [-0.1, -0.05) is 0 Å². The maximum absolute atomic E-state index is 4.48. The molecule has 16 heavy (non-hydrogen) atoms. The van der Waals surface area contributed by atoms with E-state index in [2.05, 4.69) is 21.5 Å². The number of pyridine rings is 1. The van der Waals surface area contributed by atoms with E-state index in [0.29, 0.717) is 0 Å². The Hall–Kier alpha value is -1.68. The Morgan fingerprint density at radius 3 is 3.00 bits per heavy atom. The molecular formula is C12H16N4. The molecule has 0 aliphatic carbocycles. The van der Waals surface area contributed by atoms with Crippen molar-refractivity contribution >= 4 is 0 Å². The van der Waals surface area contributed by atoms with Gasteiger partial charge in [0.1, 0.15) is 0 Å². The summed E-state index contributed by atoms with van der Waals surface area (Å²) in [5, 5.41) is 7.62. The van der Waals surface area contributed by atoms with E-state index in [1.807, 2.05) is 37.1 Å². The quantitative estimate of drug-likeness (QED) is 0.836. The molecule has 0 amide bonds. The molecule has 0 radical (unpaired) electrons. The van der Waals surface area contributed by atoms with Crippen molar-refractivity contribution in [1.29, 1.82) is 0 Å². The molecule has 2 aromatic heterocycles. The Morgan fingerprint density at radius 2 is 2.31 bits per heavy atom. The van der Waals surface area contributed by atoms with Crippen molar-refractivity contribution in [3.8, 4) is 11.3 Å². The van der Waals surface area contributed by atoms with Gasteiger partial charge in [0.05, 0.1) is 5.69 Å². The van der Waals surface area contributed by atoms with E-state index < -0.39 is 0 Å². The summed E-state index contributed by atoms with van der Waals surface area (Å²) in [6.07, 6.45) is 4.60. The number of likely N-dealkylation sites (N-methyl/N-ethyl adjacent to an activating group) is 1. The number of hydrogen-bond donors (Lipinski definition) is 1. The second kappa shape index (κ2) is 4.90. The van der Waals surface area contributed by atoms with Gasteiger partial charge in [0, 0.05) is 43.7 Å². The van der Waals surface area contributed by atoms with E-state index in [-0.39, 0.29) is 0 Å². The summed E-state index contributed by atoms with van der Waals surface area (Å²) >= 11 is 0. The molecule has 0 atom stereocenters. The molecule has 0 saturated heterocycles. The lowest BCUT2D eigenvalue weighted by molar-refractivity contribution is 0.682. The molecule has 0 aliphatic heterocycles. The van der Waals surface area contributed by atoms with E-state index in [9.17, 15) is 0 Å². The third-order valence-corrected chi connectivity index (χ3v) is 2.57. The first kappa shape index (κ1) is 10.8. The molecule has 0 spiro atoms. The first-order valence-corrected chi connectivity index (χ1v) is 5.39. The van der Waals surface area contributed by atoms with Crippen LogP contribution in [0.2, 0.25) is 0 Å². The van der Waals surface area contributed by atoms with E-state index >= 15 is 0 Å². The lowest BCUT2D eigenvalue weighted by Gasteiger charge is -1.99. The van der Waals surface area contributed by atoms with Crippen LogP contribution < -0.4 is 5.32 Å². The summed E-state index contributed by atoms with van der Waals surface area (Å²) in [4.78, 5) is 4.10. The Bertz CT molecular complexity index is 447. The van der Waals surface area contributed by atoms with Crippen LogP contribution >= 0.6 is 0 Å². The zero-order valence-electron chi connectivity index (χ0n) is 9.64. The van der Waals surface area contributed by atoms with Gasteiger partial charge in [0.25, 0.3) is 0 Å². The molecule has 0 fully saturated rings. The summed E-state index contributed by atoms with van der Waals surface area (Å²) in [6, 6.07) is 6.07. The van der Waals surface area contributed by atoms with Crippen molar-refractivity contribution in [2.24, 2.45) is 7.05 Å². The van der Waals surface area contributed by atoms with Gasteiger partial charge in [-0.15, -0.1) is 0 Å². The van der Waals surface area contributed by atoms with E-state index in [1.54, 1.807) is 6.20 Å². The Balaban J connectivity index is 2.24. The molecule has 0 saturated carbocycles. The van der Waals surface area contributed by atoms with E-state index in [1.165, 1.54) is 5.69 Å². The van der Waals surface area contributed by atoms with Crippen LogP contribution in [0.25, 0.3) is 11.3 Å². The smallest absolute Gasteiger partial charge is 0.0941 e. The van der Waals surface area contributed by atoms with E-state index in [4.69, 9.17) is 0 Å². The van der Waals surface area contributed by atoms with Crippen LogP contribution in [0.5, 0.6) is 0 Å². The molecule has 4 heteroatoms. The summed E-state index contributed by atoms with van der Waals surface area (Å²) in [5.74, 6) is 0. The van der Waals surface area contributed by atoms with E-state index in [0.717, 1.165) is 24.2 Å². The van der Waals surface area contributed by atoms with Crippen LogP contribution in [0, 0.1) is 0 Å². The molecule has 4 nitrogen and oxygen atoms in total. The largest absolute Gasteiger partial charge is 0.319 e. The lowest BCUT2D eigenvalue weighted by Crippen LogP contribution is -2.12. The normalized spacial score (nSPS) is 10.6. The molecule has 2 heterocycles. The van der Waals surface area contributed by atoms with Crippen molar-refractivity contribution in [3.05, 3.63) is 36.3 Å². The molecule has 2 aromatic rings. The van der Waals surface area contributed by atoms with Gasteiger partial charge in [0.15, 0.2) is 0 Å². The maximum Gasteiger partial charge on any atom is 0.0941 e. The van der Waals surface area contributed by atoms with Gasteiger partial charge in [-0.25, -0.2) is 0 Å². The number of hydrogen-bond acceptors (Lipinski definition) is 3. The number of nitrogens with zero attached hydrogens (tertiary/aromatic N) is 3. The Labute approximate surface area is 95.3 Å². The summed E-state index contributed by atoms with van der Waals surface area (Å²) in [6.45, 7) is 0.964. The molecule has 0 unspecified atom stereocenters. The minimum absolute atomic E-state index is 0.964. The molecule has 84 valence electrons. The van der Waals surface area contributed by atoms with Crippen LogP contribution in [0.15, 0.2) is 30.6 Å².